The van der Waals surface area contributed by atoms with Gasteiger partial charge in [0.2, 0.25) is 0 Å². The highest BCUT2D eigenvalue weighted by molar-refractivity contribution is 7.89. The molecule has 0 aliphatic heterocycles. The van der Waals surface area contributed by atoms with Crippen LogP contribution in [0.25, 0.3) is 0 Å². The normalized spacial score (nSPS) is 12.0. The molecule has 2 rings (SSSR count). The summed E-state index contributed by atoms with van der Waals surface area (Å²) in [5, 5.41) is 7.00. The Morgan fingerprint density at radius 1 is 1.07 bits per heavy atom. The number of rotatable bonds is 8. The van der Waals surface area contributed by atoms with Gasteiger partial charge in [0.05, 0.1) is 12.3 Å². The summed E-state index contributed by atoms with van der Waals surface area (Å²) in [7, 11) is -3.02. The van der Waals surface area contributed by atoms with Crippen LogP contribution >= 0.6 is 11.6 Å². The zero-order chi connectivity index (χ0) is 19.7. The first kappa shape index (κ1) is 21.2. The second-order valence-corrected chi connectivity index (χ2v) is 8.78. The van der Waals surface area contributed by atoms with Gasteiger partial charge >= 0.3 is 0 Å². The van der Waals surface area contributed by atoms with Crippen LogP contribution in [0.4, 0.5) is 0 Å². The number of hydrogen-bond donors (Lipinski definition) is 2. The van der Waals surface area contributed by atoms with Crippen LogP contribution in [0.3, 0.4) is 0 Å². The summed E-state index contributed by atoms with van der Waals surface area (Å²) < 4.78 is 22.7. The molecular weight excluding hydrogens is 384 g/mol. The first-order valence-electron chi connectivity index (χ1n) is 8.74. The number of sulfone groups is 1. The predicted molar refractivity (Wildman–Crippen MR) is 111 cm³/mol. The number of halogens is 1. The lowest BCUT2D eigenvalue weighted by atomic mass is 10.1. The second-order valence-electron chi connectivity index (χ2n) is 6.25. The van der Waals surface area contributed by atoms with Crippen LogP contribution in [0.15, 0.2) is 47.6 Å². The van der Waals surface area contributed by atoms with Crippen molar-refractivity contribution in [1.29, 1.82) is 0 Å². The van der Waals surface area contributed by atoms with Crippen molar-refractivity contribution >= 4 is 27.4 Å². The molecule has 146 valence electrons. The molecule has 1 aromatic heterocycles. The van der Waals surface area contributed by atoms with E-state index in [4.69, 9.17) is 11.6 Å². The Balaban J connectivity index is 1.89. The van der Waals surface area contributed by atoms with Crippen molar-refractivity contribution in [3.63, 3.8) is 0 Å². The van der Waals surface area contributed by atoms with Gasteiger partial charge in [-0.1, -0.05) is 41.9 Å². The van der Waals surface area contributed by atoms with Gasteiger partial charge in [-0.2, -0.15) is 0 Å². The van der Waals surface area contributed by atoms with Crippen molar-refractivity contribution < 1.29 is 8.42 Å². The highest BCUT2D eigenvalue weighted by atomic mass is 35.5. The zero-order valence-electron chi connectivity index (χ0n) is 15.6. The van der Waals surface area contributed by atoms with Crippen LogP contribution in [0, 0.1) is 0 Å². The van der Waals surface area contributed by atoms with Crippen LogP contribution in [-0.4, -0.2) is 38.7 Å². The molecule has 0 amide bonds. The number of guanidine groups is 1. The molecule has 1 aromatic carbocycles. The van der Waals surface area contributed by atoms with E-state index in [0.29, 0.717) is 11.7 Å². The van der Waals surface area contributed by atoms with Gasteiger partial charge in [-0.3, -0.25) is 0 Å². The third-order valence-corrected chi connectivity index (χ3v) is 4.79. The van der Waals surface area contributed by atoms with Crippen molar-refractivity contribution in [2.45, 2.75) is 25.6 Å². The fourth-order valence-corrected chi connectivity index (χ4v) is 3.35. The van der Waals surface area contributed by atoms with Gasteiger partial charge in [0.1, 0.15) is 5.15 Å². The monoisotopic (exact) mass is 408 g/mol. The predicted octanol–water partition coefficient (Wildman–Crippen LogP) is 2.58. The number of nitrogens with zero attached hydrogens (tertiary/aromatic N) is 2. The Morgan fingerprint density at radius 2 is 1.74 bits per heavy atom. The smallest absolute Gasteiger partial charge is 0.191 e. The summed E-state index contributed by atoms with van der Waals surface area (Å²) in [6, 6.07) is 11.2. The molecule has 6 nitrogen and oxygen atoms in total. The number of benzene rings is 1. The van der Waals surface area contributed by atoms with E-state index in [1.807, 2.05) is 37.3 Å². The Labute approximate surface area is 166 Å². The minimum atomic E-state index is -3.02. The summed E-state index contributed by atoms with van der Waals surface area (Å²) in [6.45, 7) is 4.02. The maximum absolute atomic E-state index is 11.3. The first-order valence-corrected chi connectivity index (χ1v) is 11.2. The molecule has 0 spiro atoms. The van der Waals surface area contributed by atoms with Crippen molar-refractivity contribution in [1.82, 2.24) is 15.6 Å². The van der Waals surface area contributed by atoms with Crippen molar-refractivity contribution in [3.8, 4) is 0 Å². The lowest BCUT2D eigenvalue weighted by Gasteiger charge is -2.11. The SMILES string of the molecule is CCNC(=NCc1ccc(CS(C)(=O)=O)cc1)NCCc1ccc(Cl)nc1. The lowest BCUT2D eigenvalue weighted by molar-refractivity contribution is 0.601. The first-order chi connectivity index (χ1) is 12.9. The summed E-state index contributed by atoms with van der Waals surface area (Å²) in [5.74, 6) is 0.792. The van der Waals surface area contributed by atoms with E-state index < -0.39 is 9.84 Å². The Morgan fingerprint density at radius 3 is 2.33 bits per heavy atom. The van der Waals surface area contributed by atoms with Gasteiger partial charge in [-0.25, -0.2) is 18.4 Å². The summed E-state index contributed by atoms with van der Waals surface area (Å²) >= 11 is 5.79. The quantitative estimate of drug-likeness (QED) is 0.398. The van der Waals surface area contributed by atoms with Gasteiger partial charge in [-0.15, -0.1) is 0 Å². The van der Waals surface area contributed by atoms with E-state index in [0.717, 1.165) is 42.2 Å². The Kier molecular flexibility index (Phi) is 8.06. The van der Waals surface area contributed by atoms with Crippen LogP contribution in [0.2, 0.25) is 5.15 Å². The minimum absolute atomic E-state index is 0.0559. The maximum Gasteiger partial charge on any atom is 0.191 e. The summed E-state index contributed by atoms with van der Waals surface area (Å²) in [5.41, 5.74) is 2.91. The van der Waals surface area contributed by atoms with Crippen molar-refractivity contribution in [3.05, 3.63) is 64.4 Å². The molecule has 0 bridgehead atoms. The third kappa shape index (κ3) is 8.41. The van der Waals surface area contributed by atoms with Crippen LogP contribution in [0.1, 0.15) is 23.6 Å². The van der Waals surface area contributed by atoms with Gasteiger partial charge in [0, 0.05) is 25.5 Å². The average molecular weight is 409 g/mol. The number of pyridine rings is 1. The zero-order valence-corrected chi connectivity index (χ0v) is 17.1. The lowest BCUT2D eigenvalue weighted by Crippen LogP contribution is -2.38. The van der Waals surface area contributed by atoms with E-state index >= 15 is 0 Å². The average Bonchev–Trinajstić information content (AvgIpc) is 2.61. The highest BCUT2D eigenvalue weighted by Gasteiger charge is 2.04. The maximum atomic E-state index is 11.3. The Hall–Kier alpha value is -2.12. The number of aromatic nitrogens is 1. The molecule has 0 saturated heterocycles. The van der Waals surface area contributed by atoms with E-state index in [9.17, 15) is 8.42 Å². The van der Waals surface area contributed by atoms with Gasteiger partial charge < -0.3 is 10.6 Å². The summed E-state index contributed by atoms with van der Waals surface area (Å²) in [6.07, 6.45) is 3.82. The fourth-order valence-electron chi connectivity index (χ4n) is 2.44. The molecule has 0 unspecified atom stereocenters. The van der Waals surface area contributed by atoms with Gasteiger partial charge in [-0.05, 0) is 36.1 Å². The molecule has 0 fully saturated rings. The van der Waals surface area contributed by atoms with Crippen LogP contribution < -0.4 is 10.6 Å². The van der Waals surface area contributed by atoms with Crippen molar-refractivity contribution in [2.24, 2.45) is 4.99 Å². The number of nitrogens with one attached hydrogen (secondary N) is 2. The van der Waals surface area contributed by atoms with E-state index in [1.54, 1.807) is 12.3 Å². The van der Waals surface area contributed by atoms with E-state index in [1.165, 1.54) is 6.26 Å². The van der Waals surface area contributed by atoms with E-state index in [2.05, 4.69) is 20.6 Å². The van der Waals surface area contributed by atoms with Crippen molar-refractivity contribution in [2.75, 3.05) is 19.3 Å². The molecule has 0 aliphatic rings. The molecule has 8 heteroatoms. The van der Waals surface area contributed by atoms with Gasteiger partial charge in [0.15, 0.2) is 15.8 Å². The molecule has 2 aromatic rings. The number of hydrogen-bond acceptors (Lipinski definition) is 4. The molecule has 2 N–H and O–H groups in total. The third-order valence-electron chi connectivity index (χ3n) is 3.71. The Bertz CT molecular complexity index is 850. The molecule has 27 heavy (non-hydrogen) atoms. The fraction of sp³-hybridized carbons (Fsp3) is 0.368. The largest absolute Gasteiger partial charge is 0.357 e. The molecule has 0 atom stereocenters. The van der Waals surface area contributed by atoms with E-state index in [-0.39, 0.29) is 5.75 Å². The van der Waals surface area contributed by atoms with Gasteiger partial charge in [0.25, 0.3) is 0 Å². The molecule has 0 radical (unpaired) electrons. The second kappa shape index (κ2) is 10.3. The van der Waals surface area contributed by atoms with Crippen LogP contribution in [0.5, 0.6) is 0 Å². The molecule has 0 aliphatic carbocycles. The standard InChI is InChI=1S/C19H25ClN4O2S/c1-3-21-19(22-11-10-16-8-9-18(20)23-12-16)24-13-15-4-6-17(7-5-15)14-27(2,25)26/h4-9,12H,3,10-11,13-14H2,1-2H3,(H2,21,22,24). The topological polar surface area (TPSA) is 83.5 Å². The minimum Gasteiger partial charge on any atom is -0.357 e. The molecule has 1 heterocycles. The molecule has 0 saturated carbocycles. The summed E-state index contributed by atoms with van der Waals surface area (Å²) in [4.78, 5) is 8.65. The molecular formula is C19H25ClN4O2S. The highest BCUT2D eigenvalue weighted by Crippen LogP contribution is 2.09. The van der Waals surface area contributed by atoms with Crippen LogP contribution in [-0.2, 0) is 28.6 Å². The number of aliphatic imine (C=N–C) groups is 1.